The van der Waals surface area contributed by atoms with E-state index >= 15 is 0 Å². The van der Waals surface area contributed by atoms with Crippen molar-refractivity contribution in [3.8, 4) is 5.75 Å². The molecular formula is C15H12BrFN2O. The number of phenols is 1. The number of hydrogen-bond donors (Lipinski definition) is 2. The van der Waals surface area contributed by atoms with Crippen molar-refractivity contribution in [2.24, 2.45) is 5.10 Å². The molecule has 1 aliphatic rings. The van der Waals surface area contributed by atoms with Gasteiger partial charge in [0, 0.05) is 16.5 Å². The number of nitrogens with zero attached hydrogens (tertiary/aromatic N) is 1. The molecule has 1 atom stereocenters. The van der Waals surface area contributed by atoms with Gasteiger partial charge in [-0.25, -0.2) is 4.39 Å². The van der Waals surface area contributed by atoms with Gasteiger partial charge in [0.25, 0.3) is 0 Å². The summed E-state index contributed by atoms with van der Waals surface area (Å²) < 4.78 is 14.4. The summed E-state index contributed by atoms with van der Waals surface area (Å²) in [6, 6.07) is 12.2. The molecule has 2 aromatic carbocycles. The fraction of sp³-hybridized carbons (Fsp3) is 0.133. The lowest BCUT2D eigenvalue weighted by molar-refractivity contribution is 0.416. The Bertz CT molecular complexity index is 670. The Kier molecular flexibility index (Phi) is 3.44. The number of halogens is 2. The smallest absolute Gasteiger partial charge is 0.165 e. The third-order valence-corrected chi connectivity index (χ3v) is 3.85. The van der Waals surface area contributed by atoms with E-state index in [1.54, 1.807) is 12.1 Å². The van der Waals surface area contributed by atoms with Crippen LogP contribution in [0.3, 0.4) is 0 Å². The van der Waals surface area contributed by atoms with Crippen LogP contribution >= 0.6 is 15.9 Å². The van der Waals surface area contributed by atoms with Crippen LogP contribution in [0.1, 0.15) is 23.6 Å². The molecule has 0 aromatic heterocycles. The molecule has 1 aliphatic heterocycles. The van der Waals surface area contributed by atoms with Gasteiger partial charge in [-0.15, -0.1) is 0 Å². The van der Waals surface area contributed by atoms with Crippen LogP contribution in [0.4, 0.5) is 4.39 Å². The Balaban J connectivity index is 1.82. The summed E-state index contributed by atoms with van der Waals surface area (Å²) in [7, 11) is 0. The van der Waals surface area contributed by atoms with E-state index in [1.807, 2.05) is 24.3 Å². The second kappa shape index (κ2) is 5.25. The zero-order valence-electron chi connectivity index (χ0n) is 10.5. The van der Waals surface area contributed by atoms with Gasteiger partial charge in [-0.05, 0) is 23.8 Å². The van der Waals surface area contributed by atoms with Gasteiger partial charge in [-0.2, -0.15) is 5.10 Å². The minimum Gasteiger partial charge on any atom is -0.505 e. The van der Waals surface area contributed by atoms with E-state index < -0.39 is 5.82 Å². The van der Waals surface area contributed by atoms with Crippen molar-refractivity contribution in [3.05, 3.63) is 63.9 Å². The molecule has 3 nitrogen and oxygen atoms in total. The Morgan fingerprint density at radius 3 is 2.70 bits per heavy atom. The molecule has 2 aromatic rings. The van der Waals surface area contributed by atoms with Gasteiger partial charge in [0.2, 0.25) is 0 Å². The molecule has 0 fully saturated rings. The van der Waals surface area contributed by atoms with Gasteiger partial charge in [0.15, 0.2) is 11.6 Å². The minimum absolute atomic E-state index is 0.204. The quantitative estimate of drug-likeness (QED) is 0.878. The highest BCUT2D eigenvalue weighted by Gasteiger charge is 2.24. The number of nitrogens with one attached hydrogen (secondary N) is 1. The monoisotopic (exact) mass is 334 g/mol. The largest absolute Gasteiger partial charge is 0.505 e. The van der Waals surface area contributed by atoms with E-state index in [2.05, 4.69) is 26.5 Å². The van der Waals surface area contributed by atoms with Crippen molar-refractivity contribution in [3.63, 3.8) is 0 Å². The highest BCUT2D eigenvalue weighted by Crippen LogP contribution is 2.32. The van der Waals surface area contributed by atoms with Crippen molar-refractivity contribution < 1.29 is 9.50 Å². The highest BCUT2D eigenvalue weighted by molar-refractivity contribution is 9.10. The van der Waals surface area contributed by atoms with Gasteiger partial charge in [0.1, 0.15) is 0 Å². The second-order valence-electron chi connectivity index (χ2n) is 4.63. The second-order valence-corrected chi connectivity index (χ2v) is 5.54. The first-order valence-corrected chi connectivity index (χ1v) is 7.00. The van der Waals surface area contributed by atoms with Crippen LogP contribution in [-0.4, -0.2) is 10.8 Å². The SMILES string of the molecule is Oc1c(F)cccc1C1CC(c2ccc(Br)cc2)=NN1. The first-order valence-electron chi connectivity index (χ1n) is 6.20. The van der Waals surface area contributed by atoms with Gasteiger partial charge >= 0.3 is 0 Å². The molecule has 5 heteroatoms. The molecule has 102 valence electrons. The topological polar surface area (TPSA) is 44.6 Å². The summed E-state index contributed by atoms with van der Waals surface area (Å²) in [4.78, 5) is 0. The lowest BCUT2D eigenvalue weighted by atomic mass is 9.98. The Morgan fingerprint density at radius 1 is 1.20 bits per heavy atom. The lowest BCUT2D eigenvalue weighted by Gasteiger charge is -2.12. The lowest BCUT2D eigenvalue weighted by Crippen LogP contribution is -2.10. The van der Waals surface area contributed by atoms with E-state index in [0.717, 1.165) is 15.7 Å². The zero-order valence-corrected chi connectivity index (χ0v) is 12.1. The first kappa shape index (κ1) is 13.1. The molecule has 0 amide bonds. The number of aromatic hydroxyl groups is 1. The van der Waals surface area contributed by atoms with Gasteiger partial charge < -0.3 is 10.5 Å². The molecule has 0 bridgehead atoms. The van der Waals surface area contributed by atoms with Crippen LogP contribution < -0.4 is 5.43 Å². The van der Waals surface area contributed by atoms with Crippen molar-refractivity contribution in [2.75, 3.05) is 0 Å². The average Bonchev–Trinajstić information content (AvgIpc) is 2.92. The Hall–Kier alpha value is -1.88. The van der Waals surface area contributed by atoms with Crippen LogP contribution in [0.25, 0.3) is 0 Å². The van der Waals surface area contributed by atoms with Gasteiger partial charge in [-0.3, -0.25) is 0 Å². The van der Waals surface area contributed by atoms with Crippen LogP contribution in [-0.2, 0) is 0 Å². The van der Waals surface area contributed by atoms with E-state index in [-0.39, 0.29) is 11.8 Å². The van der Waals surface area contributed by atoms with Crippen LogP contribution in [0.5, 0.6) is 5.75 Å². The molecule has 0 saturated carbocycles. The predicted octanol–water partition coefficient (Wildman–Crippen LogP) is 3.73. The number of benzene rings is 2. The number of phenolic OH excluding ortho intramolecular Hbond substituents is 1. The predicted molar refractivity (Wildman–Crippen MR) is 79.2 cm³/mol. The van der Waals surface area contributed by atoms with Gasteiger partial charge in [0.05, 0.1) is 11.8 Å². The van der Waals surface area contributed by atoms with E-state index in [0.29, 0.717) is 12.0 Å². The molecule has 0 saturated heterocycles. The molecule has 1 heterocycles. The maximum absolute atomic E-state index is 13.4. The maximum atomic E-state index is 13.4. The Labute approximate surface area is 124 Å². The van der Waals surface area contributed by atoms with E-state index in [4.69, 9.17) is 0 Å². The number of para-hydroxylation sites is 1. The summed E-state index contributed by atoms with van der Waals surface area (Å²) in [5, 5.41) is 14.1. The molecular weight excluding hydrogens is 323 g/mol. The summed E-state index contributed by atoms with van der Waals surface area (Å²) in [5.41, 5.74) is 5.39. The molecule has 0 spiro atoms. The molecule has 0 radical (unpaired) electrons. The van der Waals surface area contributed by atoms with E-state index in [1.165, 1.54) is 6.07 Å². The number of hydrogen-bond acceptors (Lipinski definition) is 3. The summed E-state index contributed by atoms with van der Waals surface area (Å²) >= 11 is 3.39. The fourth-order valence-corrected chi connectivity index (χ4v) is 2.52. The standard InChI is InChI=1S/C15H12BrFN2O/c16-10-6-4-9(5-7-10)13-8-14(19-18-13)11-2-1-3-12(17)15(11)20/h1-7,14,19-20H,8H2. The van der Waals surface area contributed by atoms with Crippen LogP contribution in [0.2, 0.25) is 0 Å². The molecule has 20 heavy (non-hydrogen) atoms. The third kappa shape index (κ3) is 2.41. The summed E-state index contributed by atoms with van der Waals surface area (Å²) in [6.07, 6.45) is 0.610. The van der Waals surface area contributed by atoms with Crippen LogP contribution in [0.15, 0.2) is 52.0 Å². The molecule has 2 N–H and O–H groups in total. The van der Waals surface area contributed by atoms with Crippen molar-refractivity contribution in [1.29, 1.82) is 0 Å². The van der Waals surface area contributed by atoms with Crippen molar-refractivity contribution in [2.45, 2.75) is 12.5 Å². The van der Waals surface area contributed by atoms with Crippen molar-refractivity contribution in [1.82, 2.24) is 5.43 Å². The van der Waals surface area contributed by atoms with Crippen molar-refractivity contribution >= 4 is 21.6 Å². The van der Waals surface area contributed by atoms with Crippen LogP contribution in [0, 0.1) is 5.82 Å². The van der Waals surface area contributed by atoms with E-state index in [9.17, 15) is 9.50 Å². The maximum Gasteiger partial charge on any atom is 0.165 e. The average molecular weight is 335 g/mol. The normalized spacial score (nSPS) is 17.7. The molecule has 3 rings (SSSR count). The summed E-state index contributed by atoms with van der Waals surface area (Å²) in [5.74, 6) is -0.918. The zero-order chi connectivity index (χ0) is 14.1. The molecule has 1 unspecified atom stereocenters. The third-order valence-electron chi connectivity index (χ3n) is 3.32. The minimum atomic E-state index is -0.610. The Morgan fingerprint density at radius 2 is 1.95 bits per heavy atom. The molecule has 0 aliphatic carbocycles. The highest BCUT2D eigenvalue weighted by atomic mass is 79.9. The summed E-state index contributed by atoms with van der Waals surface area (Å²) in [6.45, 7) is 0. The first-order chi connectivity index (χ1) is 9.65. The number of rotatable bonds is 2. The number of hydrazone groups is 1. The van der Waals surface area contributed by atoms with Gasteiger partial charge in [-0.1, -0.05) is 40.2 Å². The fourth-order valence-electron chi connectivity index (χ4n) is 2.26.